The number of carbonyl (C=O) groups excluding carboxylic acids is 3. The maximum absolute atomic E-state index is 12.6. The Morgan fingerprint density at radius 1 is 1.12 bits per heavy atom. The van der Waals surface area contributed by atoms with Gasteiger partial charge in [-0.1, -0.05) is 0 Å². The van der Waals surface area contributed by atoms with Crippen LogP contribution in [0.3, 0.4) is 0 Å². The summed E-state index contributed by atoms with van der Waals surface area (Å²) in [4.78, 5) is 48.7. The van der Waals surface area contributed by atoms with E-state index in [1.165, 1.54) is 13.8 Å². The molecule has 0 aromatic rings. The Bertz CT molecular complexity index is 552. The number of hydrogen-bond donors (Lipinski definition) is 6. The molecular formula is C15H26N4O7. The summed E-state index contributed by atoms with van der Waals surface area (Å²) >= 11 is 0. The molecule has 1 saturated heterocycles. The predicted molar refractivity (Wildman–Crippen MR) is 88.6 cm³/mol. The lowest BCUT2D eigenvalue weighted by Gasteiger charge is -2.30. The molecule has 11 heteroatoms. The van der Waals surface area contributed by atoms with Crippen LogP contribution in [0.15, 0.2) is 0 Å². The van der Waals surface area contributed by atoms with Crippen LogP contribution in [0.25, 0.3) is 0 Å². The number of nitrogens with two attached hydrogens (primary N) is 1. The van der Waals surface area contributed by atoms with Gasteiger partial charge in [-0.25, -0.2) is 4.79 Å². The highest BCUT2D eigenvalue weighted by molar-refractivity contribution is 5.94. The van der Waals surface area contributed by atoms with E-state index in [4.69, 9.17) is 5.73 Å². The van der Waals surface area contributed by atoms with Gasteiger partial charge in [-0.3, -0.25) is 14.4 Å². The summed E-state index contributed by atoms with van der Waals surface area (Å²) in [6.45, 7) is 2.33. The van der Waals surface area contributed by atoms with Crippen molar-refractivity contribution >= 4 is 23.7 Å². The van der Waals surface area contributed by atoms with Crippen molar-refractivity contribution in [2.75, 3.05) is 13.1 Å². The van der Waals surface area contributed by atoms with Crippen LogP contribution in [0.5, 0.6) is 0 Å². The van der Waals surface area contributed by atoms with Crippen molar-refractivity contribution in [2.45, 2.75) is 57.0 Å². The molecule has 0 spiro atoms. The molecule has 0 radical (unpaired) electrons. The lowest BCUT2D eigenvalue weighted by molar-refractivity contribution is -0.151. The third kappa shape index (κ3) is 5.38. The fourth-order valence-electron chi connectivity index (χ4n) is 2.74. The van der Waals surface area contributed by atoms with E-state index in [1.54, 1.807) is 0 Å². The summed E-state index contributed by atoms with van der Waals surface area (Å²) in [6, 6.07) is -3.82. The molecule has 0 aliphatic carbocycles. The van der Waals surface area contributed by atoms with Crippen molar-refractivity contribution in [2.24, 2.45) is 5.73 Å². The van der Waals surface area contributed by atoms with Crippen LogP contribution in [-0.4, -0.2) is 87.3 Å². The number of nitrogens with one attached hydrogen (secondary N) is 2. The number of rotatable bonds is 8. The molecule has 7 N–H and O–H groups in total. The highest BCUT2D eigenvalue weighted by Gasteiger charge is 2.40. The van der Waals surface area contributed by atoms with Crippen molar-refractivity contribution < 1.29 is 34.5 Å². The van der Waals surface area contributed by atoms with Crippen LogP contribution in [0.4, 0.5) is 0 Å². The molecule has 1 aliphatic heterocycles. The monoisotopic (exact) mass is 374 g/mol. The van der Waals surface area contributed by atoms with Gasteiger partial charge in [0, 0.05) is 6.54 Å². The van der Waals surface area contributed by atoms with Gasteiger partial charge in [-0.05, 0) is 26.7 Å². The quantitative estimate of drug-likeness (QED) is 0.256. The first-order chi connectivity index (χ1) is 12.1. The van der Waals surface area contributed by atoms with Crippen molar-refractivity contribution in [3.8, 4) is 0 Å². The zero-order valence-corrected chi connectivity index (χ0v) is 14.7. The number of carboxylic acid groups (broad SMARTS) is 1. The molecule has 3 amide bonds. The number of nitrogens with zero attached hydrogens (tertiary/aromatic N) is 1. The maximum Gasteiger partial charge on any atom is 0.326 e. The van der Waals surface area contributed by atoms with Gasteiger partial charge in [0.05, 0.1) is 18.8 Å². The highest BCUT2D eigenvalue weighted by Crippen LogP contribution is 2.19. The zero-order valence-electron chi connectivity index (χ0n) is 14.7. The zero-order chi connectivity index (χ0) is 20.0. The fraction of sp³-hybridized carbons (Fsp3) is 0.733. The molecule has 0 aromatic heterocycles. The van der Waals surface area contributed by atoms with Crippen molar-refractivity contribution in [3.63, 3.8) is 0 Å². The van der Waals surface area contributed by atoms with E-state index in [9.17, 15) is 34.5 Å². The summed E-state index contributed by atoms with van der Waals surface area (Å²) in [5.74, 6) is -3.49. The van der Waals surface area contributed by atoms with E-state index in [0.717, 1.165) is 4.90 Å². The van der Waals surface area contributed by atoms with Gasteiger partial charge in [-0.2, -0.15) is 0 Å². The van der Waals surface area contributed by atoms with Crippen LogP contribution in [0, 0.1) is 0 Å². The predicted octanol–water partition coefficient (Wildman–Crippen LogP) is -3.25. The number of amides is 3. The van der Waals surface area contributed by atoms with Gasteiger partial charge in [0.25, 0.3) is 0 Å². The minimum absolute atomic E-state index is 0.193. The topological polar surface area (TPSA) is 182 Å². The van der Waals surface area contributed by atoms with E-state index in [1.807, 2.05) is 0 Å². The van der Waals surface area contributed by atoms with Crippen LogP contribution in [0.1, 0.15) is 26.7 Å². The summed E-state index contributed by atoms with van der Waals surface area (Å²) in [7, 11) is 0. The number of aliphatic hydroxyl groups excluding tert-OH is 2. The van der Waals surface area contributed by atoms with Crippen LogP contribution >= 0.6 is 0 Å². The number of aliphatic carboxylic acids is 1. The van der Waals surface area contributed by atoms with Gasteiger partial charge < -0.3 is 36.6 Å². The third-order valence-electron chi connectivity index (χ3n) is 4.13. The third-order valence-corrected chi connectivity index (χ3v) is 4.13. The molecule has 0 bridgehead atoms. The molecule has 5 unspecified atom stereocenters. The molecular weight excluding hydrogens is 348 g/mol. The van der Waals surface area contributed by atoms with Crippen molar-refractivity contribution in [1.82, 2.24) is 15.5 Å². The first-order valence-electron chi connectivity index (χ1n) is 8.29. The van der Waals surface area contributed by atoms with Gasteiger partial charge in [0.15, 0.2) is 0 Å². The maximum atomic E-state index is 12.6. The molecule has 148 valence electrons. The number of likely N-dealkylation sites (tertiary alicyclic amines) is 1. The Kier molecular flexibility index (Phi) is 7.93. The second-order valence-corrected chi connectivity index (χ2v) is 6.24. The Morgan fingerprint density at radius 3 is 2.15 bits per heavy atom. The summed E-state index contributed by atoms with van der Waals surface area (Å²) in [5.41, 5.74) is 5.16. The standard InChI is InChI=1S/C15H26N4O7/c1-7(20)11(17-10(22)6-16)13(23)18-12(8(2)21)14(24)19-5-3-4-9(19)15(25)26/h7-9,11-12,20-21H,3-6,16H2,1-2H3,(H,17,22)(H,18,23)(H,25,26). The SMILES string of the molecule is CC(O)C(NC(=O)CN)C(=O)NC(C(=O)N1CCCC1C(=O)O)C(C)O. The van der Waals surface area contributed by atoms with Gasteiger partial charge in [-0.15, -0.1) is 0 Å². The molecule has 1 aliphatic rings. The second kappa shape index (κ2) is 9.46. The molecule has 1 fully saturated rings. The highest BCUT2D eigenvalue weighted by atomic mass is 16.4. The molecule has 0 aromatic carbocycles. The van der Waals surface area contributed by atoms with E-state index in [0.29, 0.717) is 6.42 Å². The largest absolute Gasteiger partial charge is 0.480 e. The summed E-state index contributed by atoms with van der Waals surface area (Å²) in [5, 5.41) is 33.3. The number of aliphatic hydroxyl groups is 2. The molecule has 11 nitrogen and oxygen atoms in total. The second-order valence-electron chi connectivity index (χ2n) is 6.24. The van der Waals surface area contributed by atoms with E-state index >= 15 is 0 Å². The Labute approximate surface area is 150 Å². The smallest absolute Gasteiger partial charge is 0.326 e. The minimum Gasteiger partial charge on any atom is -0.480 e. The van der Waals surface area contributed by atoms with Crippen LogP contribution < -0.4 is 16.4 Å². The lowest BCUT2D eigenvalue weighted by atomic mass is 10.1. The first-order valence-corrected chi connectivity index (χ1v) is 8.29. The van der Waals surface area contributed by atoms with E-state index in [2.05, 4.69) is 10.6 Å². The number of hydrogen-bond acceptors (Lipinski definition) is 7. The van der Waals surface area contributed by atoms with Gasteiger partial charge in [0.1, 0.15) is 18.1 Å². The lowest BCUT2D eigenvalue weighted by Crippen LogP contribution is -2.61. The molecule has 5 atom stereocenters. The Hall–Kier alpha value is -2.24. The molecule has 0 saturated carbocycles. The van der Waals surface area contributed by atoms with Crippen molar-refractivity contribution in [1.29, 1.82) is 0 Å². The normalized spacial score (nSPS) is 21.4. The Morgan fingerprint density at radius 2 is 1.69 bits per heavy atom. The minimum atomic E-state index is -1.42. The molecule has 1 heterocycles. The van der Waals surface area contributed by atoms with E-state index < -0.39 is 60.6 Å². The Balaban J connectivity index is 2.92. The van der Waals surface area contributed by atoms with E-state index in [-0.39, 0.29) is 13.0 Å². The number of carboxylic acids is 1. The van der Waals surface area contributed by atoms with Crippen LogP contribution in [0.2, 0.25) is 0 Å². The number of carbonyl (C=O) groups is 4. The van der Waals surface area contributed by atoms with Gasteiger partial charge in [0.2, 0.25) is 17.7 Å². The summed E-state index contributed by atoms with van der Waals surface area (Å²) in [6.07, 6.45) is -1.83. The first kappa shape index (κ1) is 21.8. The fourth-order valence-corrected chi connectivity index (χ4v) is 2.74. The van der Waals surface area contributed by atoms with Gasteiger partial charge >= 0.3 is 5.97 Å². The molecule has 1 rings (SSSR count). The summed E-state index contributed by atoms with van der Waals surface area (Å²) < 4.78 is 0. The van der Waals surface area contributed by atoms with Crippen molar-refractivity contribution in [3.05, 3.63) is 0 Å². The average molecular weight is 374 g/mol. The molecule has 26 heavy (non-hydrogen) atoms. The average Bonchev–Trinajstić information content (AvgIpc) is 3.05. The van der Waals surface area contributed by atoms with Crippen LogP contribution in [-0.2, 0) is 19.2 Å².